The van der Waals surface area contributed by atoms with Crippen LogP contribution in [0.25, 0.3) is 0 Å². The Hall–Kier alpha value is -1.24. The van der Waals surface area contributed by atoms with E-state index >= 15 is 0 Å². The molecule has 0 saturated carbocycles. The second kappa shape index (κ2) is 7.10. The molecule has 6 nitrogen and oxygen atoms in total. The molecule has 0 aliphatic carbocycles. The lowest BCUT2D eigenvalue weighted by Crippen LogP contribution is -2.44. The third kappa shape index (κ3) is 6.78. The van der Waals surface area contributed by atoms with E-state index in [-0.39, 0.29) is 25.2 Å². The van der Waals surface area contributed by atoms with Crippen LogP contribution in [0.15, 0.2) is 0 Å². The van der Waals surface area contributed by atoms with Gasteiger partial charge in [0.1, 0.15) is 6.04 Å². The monoisotopic (exact) mass is 234 g/mol. The third-order valence-electron chi connectivity index (χ3n) is 1.66. The van der Waals surface area contributed by atoms with Crippen molar-refractivity contribution in [1.82, 2.24) is 5.32 Å². The highest BCUT2D eigenvalue weighted by Crippen LogP contribution is 1.98. The van der Waals surface area contributed by atoms with Gasteiger partial charge in [0.2, 0.25) is 11.8 Å². The van der Waals surface area contributed by atoms with Crippen molar-refractivity contribution in [1.29, 1.82) is 0 Å². The van der Waals surface area contributed by atoms with Gasteiger partial charge in [-0.05, 0) is 12.2 Å². The second-order valence-corrected chi connectivity index (χ2v) is 3.38. The Kier molecular flexibility index (Phi) is 6.52. The van der Waals surface area contributed by atoms with Crippen LogP contribution in [-0.2, 0) is 14.4 Å². The van der Waals surface area contributed by atoms with Crippen molar-refractivity contribution in [3.8, 4) is 0 Å². The molecule has 7 heteroatoms. The van der Waals surface area contributed by atoms with Crippen molar-refractivity contribution in [2.24, 2.45) is 5.73 Å². The molecule has 0 unspecified atom stereocenters. The molecular weight excluding hydrogens is 220 g/mol. The smallest absolute Gasteiger partial charge is 0.303 e. The number of carboxylic acids is 1. The van der Waals surface area contributed by atoms with Crippen LogP contribution in [0.4, 0.5) is 0 Å². The van der Waals surface area contributed by atoms with Crippen LogP contribution >= 0.6 is 12.6 Å². The first-order valence-electron chi connectivity index (χ1n) is 4.38. The Morgan fingerprint density at radius 3 is 2.33 bits per heavy atom. The van der Waals surface area contributed by atoms with Gasteiger partial charge in [0.15, 0.2) is 0 Å². The molecule has 2 amide bonds. The number of rotatable bonds is 7. The molecule has 0 aromatic heterocycles. The Morgan fingerprint density at radius 2 is 1.93 bits per heavy atom. The van der Waals surface area contributed by atoms with Crippen LogP contribution in [0.1, 0.15) is 19.3 Å². The zero-order valence-corrected chi connectivity index (χ0v) is 9.00. The molecular formula is C8H14N2O4S. The summed E-state index contributed by atoms with van der Waals surface area (Å²) in [5, 5.41) is 10.8. The summed E-state index contributed by atoms with van der Waals surface area (Å²) in [6.07, 6.45) is -0.0439. The highest BCUT2D eigenvalue weighted by atomic mass is 32.1. The second-order valence-electron chi connectivity index (χ2n) is 2.93. The zero-order valence-electron chi connectivity index (χ0n) is 8.10. The summed E-state index contributed by atoms with van der Waals surface area (Å²) < 4.78 is 0. The number of hydrogen-bond donors (Lipinski definition) is 4. The standard InChI is InChI=1S/C8H14N2O4S/c9-8(14)5(1-2-7(12)13)10-6(11)3-4-15/h5,15H,1-4H2,(H2,9,14)(H,10,11)(H,12,13)/t5-/m0/s1. The highest BCUT2D eigenvalue weighted by molar-refractivity contribution is 7.80. The number of aliphatic carboxylic acids is 1. The number of carbonyl (C=O) groups is 3. The molecule has 86 valence electrons. The molecule has 0 aromatic rings. The van der Waals surface area contributed by atoms with Gasteiger partial charge in [-0.1, -0.05) is 0 Å². The molecule has 15 heavy (non-hydrogen) atoms. The van der Waals surface area contributed by atoms with E-state index < -0.39 is 17.9 Å². The fraction of sp³-hybridized carbons (Fsp3) is 0.625. The quantitative estimate of drug-likeness (QED) is 0.430. The first-order chi connectivity index (χ1) is 6.97. The van der Waals surface area contributed by atoms with E-state index in [9.17, 15) is 14.4 Å². The highest BCUT2D eigenvalue weighted by Gasteiger charge is 2.18. The molecule has 4 N–H and O–H groups in total. The predicted octanol–water partition coefficient (Wildman–Crippen LogP) is -0.859. The van der Waals surface area contributed by atoms with Crippen LogP contribution in [0.5, 0.6) is 0 Å². The largest absolute Gasteiger partial charge is 0.481 e. The maximum absolute atomic E-state index is 11.1. The maximum Gasteiger partial charge on any atom is 0.303 e. The molecule has 0 radical (unpaired) electrons. The number of primary amides is 1. The Labute approximate surface area is 92.6 Å². The molecule has 0 spiro atoms. The number of nitrogens with two attached hydrogens (primary N) is 1. The van der Waals surface area contributed by atoms with Crippen molar-refractivity contribution in [2.45, 2.75) is 25.3 Å². The van der Waals surface area contributed by atoms with Crippen molar-refractivity contribution in [3.63, 3.8) is 0 Å². The fourth-order valence-corrected chi connectivity index (χ4v) is 1.12. The molecule has 0 aliphatic heterocycles. The van der Waals surface area contributed by atoms with Crippen LogP contribution in [0.3, 0.4) is 0 Å². The molecule has 0 saturated heterocycles. The van der Waals surface area contributed by atoms with E-state index in [1.165, 1.54) is 0 Å². The summed E-state index contributed by atoms with van der Waals surface area (Å²) in [5.41, 5.74) is 5.00. The summed E-state index contributed by atoms with van der Waals surface area (Å²) in [6.45, 7) is 0. The minimum atomic E-state index is -1.04. The van der Waals surface area contributed by atoms with Crippen molar-refractivity contribution >= 4 is 30.4 Å². The van der Waals surface area contributed by atoms with Gasteiger partial charge in [-0.25, -0.2) is 0 Å². The van der Waals surface area contributed by atoms with Crippen LogP contribution < -0.4 is 11.1 Å². The molecule has 0 bridgehead atoms. The Balaban J connectivity index is 4.10. The zero-order chi connectivity index (χ0) is 11.8. The summed E-state index contributed by atoms with van der Waals surface area (Å²) in [4.78, 5) is 32.2. The third-order valence-corrected chi connectivity index (χ3v) is 1.89. The lowest BCUT2D eigenvalue weighted by Gasteiger charge is -2.13. The number of carboxylic acid groups (broad SMARTS) is 1. The van der Waals surface area contributed by atoms with E-state index in [4.69, 9.17) is 10.8 Å². The van der Waals surface area contributed by atoms with Gasteiger partial charge in [-0.3, -0.25) is 14.4 Å². The first kappa shape index (κ1) is 13.8. The Morgan fingerprint density at radius 1 is 1.33 bits per heavy atom. The van der Waals surface area contributed by atoms with E-state index in [1.807, 2.05) is 0 Å². The van der Waals surface area contributed by atoms with Gasteiger partial charge in [0.05, 0.1) is 0 Å². The lowest BCUT2D eigenvalue weighted by atomic mass is 10.1. The van der Waals surface area contributed by atoms with Gasteiger partial charge in [0, 0.05) is 12.8 Å². The summed E-state index contributed by atoms with van der Waals surface area (Å²) in [6, 6.07) is -0.923. The lowest BCUT2D eigenvalue weighted by molar-refractivity contribution is -0.137. The van der Waals surface area contributed by atoms with Gasteiger partial charge in [0.25, 0.3) is 0 Å². The van der Waals surface area contributed by atoms with Crippen LogP contribution in [0.2, 0.25) is 0 Å². The minimum Gasteiger partial charge on any atom is -0.481 e. The topological polar surface area (TPSA) is 109 Å². The molecule has 0 heterocycles. The maximum atomic E-state index is 11.1. The summed E-state index contributed by atoms with van der Waals surface area (Å²) >= 11 is 3.85. The van der Waals surface area contributed by atoms with Crippen molar-refractivity contribution < 1.29 is 19.5 Å². The average Bonchev–Trinajstić information content (AvgIpc) is 2.11. The van der Waals surface area contributed by atoms with Crippen LogP contribution in [0, 0.1) is 0 Å². The van der Waals surface area contributed by atoms with E-state index in [0.29, 0.717) is 5.75 Å². The number of nitrogens with one attached hydrogen (secondary N) is 1. The minimum absolute atomic E-state index is 0.00295. The number of hydrogen-bond acceptors (Lipinski definition) is 4. The van der Waals surface area contributed by atoms with Crippen molar-refractivity contribution in [3.05, 3.63) is 0 Å². The fourth-order valence-electron chi connectivity index (χ4n) is 0.921. The first-order valence-corrected chi connectivity index (χ1v) is 5.02. The molecule has 0 fully saturated rings. The van der Waals surface area contributed by atoms with E-state index in [1.54, 1.807) is 0 Å². The SMILES string of the molecule is NC(=O)[C@H](CCC(=O)O)NC(=O)CCS. The molecule has 0 rings (SSSR count). The van der Waals surface area contributed by atoms with Gasteiger partial charge >= 0.3 is 5.97 Å². The van der Waals surface area contributed by atoms with E-state index in [2.05, 4.69) is 17.9 Å². The van der Waals surface area contributed by atoms with Gasteiger partial charge < -0.3 is 16.2 Å². The summed E-state index contributed by atoms with van der Waals surface area (Å²) in [5.74, 6) is -1.77. The number of thiol groups is 1. The molecule has 0 aliphatic rings. The predicted molar refractivity (Wildman–Crippen MR) is 56.5 cm³/mol. The molecule has 1 atom stereocenters. The average molecular weight is 234 g/mol. The number of amides is 2. The number of carbonyl (C=O) groups excluding carboxylic acids is 2. The summed E-state index contributed by atoms with van der Waals surface area (Å²) in [7, 11) is 0. The van der Waals surface area contributed by atoms with Crippen molar-refractivity contribution in [2.75, 3.05) is 5.75 Å². The van der Waals surface area contributed by atoms with Gasteiger partial charge in [-0.2, -0.15) is 12.6 Å². The van der Waals surface area contributed by atoms with E-state index in [0.717, 1.165) is 0 Å². The normalized spacial score (nSPS) is 11.8. The van der Waals surface area contributed by atoms with Gasteiger partial charge in [-0.15, -0.1) is 0 Å². The molecule has 0 aromatic carbocycles. The Bertz CT molecular complexity index is 257. The van der Waals surface area contributed by atoms with Crippen LogP contribution in [-0.4, -0.2) is 34.7 Å².